The van der Waals surface area contributed by atoms with E-state index in [2.05, 4.69) is 15.5 Å². The van der Waals surface area contributed by atoms with Crippen LogP contribution in [0.1, 0.15) is 37.0 Å². The Kier molecular flexibility index (Phi) is 5.22. The smallest absolute Gasteiger partial charge is 0.268 e. The number of carbonyl (C=O) groups excluding carboxylic acids is 3. The van der Waals surface area contributed by atoms with Crippen molar-refractivity contribution in [2.45, 2.75) is 32.8 Å². The molecule has 8 heteroatoms. The van der Waals surface area contributed by atoms with E-state index in [0.717, 1.165) is 17.3 Å². The van der Waals surface area contributed by atoms with E-state index in [9.17, 15) is 14.4 Å². The van der Waals surface area contributed by atoms with Gasteiger partial charge < -0.3 is 10.1 Å². The number of amides is 2. The minimum Gasteiger partial charge on any atom is -0.479 e. The van der Waals surface area contributed by atoms with Crippen molar-refractivity contribution in [3.63, 3.8) is 0 Å². The van der Waals surface area contributed by atoms with E-state index in [-0.39, 0.29) is 24.1 Å². The highest BCUT2D eigenvalue weighted by molar-refractivity contribution is 6.07. The minimum atomic E-state index is -0.719. The number of ketones is 1. The maximum atomic E-state index is 12.7. The summed E-state index contributed by atoms with van der Waals surface area (Å²) in [6, 6.07) is 10.4. The van der Waals surface area contributed by atoms with Crippen molar-refractivity contribution < 1.29 is 19.1 Å². The number of anilines is 2. The maximum absolute atomic E-state index is 12.7. The zero-order chi connectivity index (χ0) is 21.3. The van der Waals surface area contributed by atoms with Crippen LogP contribution in [0.15, 0.2) is 42.6 Å². The van der Waals surface area contributed by atoms with Crippen LogP contribution in [0.3, 0.4) is 0 Å². The Labute approximate surface area is 173 Å². The number of rotatable bonds is 6. The van der Waals surface area contributed by atoms with E-state index in [1.807, 2.05) is 13.0 Å². The predicted octanol–water partition coefficient (Wildman–Crippen LogP) is 3.30. The lowest BCUT2D eigenvalue weighted by Crippen LogP contribution is -2.47. The monoisotopic (exact) mass is 406 g/mol. The van der Waals surface area contributed by atoms with Gasteiger partial charge in [0.05, 0.1) is 17.4 Å². The number of benzene rings is 2. The number of Topliss-reactive ketones (excluding diaryl/α,β-unsaturated/α-hetero) is 1. The van der Waals surface area contributed by atoms with E-state index < -0.39 is 6.10 Å². The first-order valence-electron chi connectivity index (χ1n) is 9.84. The van der Waals surface area contributed by atoms with Crippen LogP contribution in [0.25, 0.3) is 10.9 Å². The normalized spacial score (nSPS) is 15.6. The Balaban J connectivity index is 1.57. The first-order chi connectivity index (χ1) is 14.5. The predicted molar refractivity (Wildman–Crippen MR) is 113 cm³/mol. The average molecular weight is 406 g/mol. The maximum Gasteiger partial charge on any atom is 0.268 e. The van der Waals surface area contributed by atoms with Gasteiger partial charge in [0, 0.05) is 23.1 Å². The molecule has 1 aromatic heterocycles. The van der Waals surface area contributed by atoms with Crippen LogP contribution in [0.5, 0.6) is 5.75 Å². The number of hydrogen-bond acceptors (Lipinski definition) is 5. The molecule has 30 heavy (non-hydrogen) atoms. The summed E-state index contributed by atoms with van der Waals surface area (Å²) in [6.07, 6.45) is 2.13. The molecule has 154 valence electrons. The molecule has 1 aliphatic heterocycles. The number of aromatic amines is 1. The van der Waals surface area contributed by atoms with Gasteiger partial charge in [0.15, 0.2) is 11.9 Å². The van der Waals surface area contributed by atoms with Crippen molar-refractivity contribution in [3.8, 4) is 5.75 Å². The fourth-order valence-electron chi connectivity index (χ4n) is 3.47. The molecular formula is C22H22N4O4. The highest BCUT2D eigenvalue weighted by Crippen LogP contribution is 2.35. The van der Waals surface area contributed by atoms with Gasteiger partial charge in [-0.15, -0.1) is 0 Å². The lowest BCUT2D eigenvalue weighted by Gasteiger charge is -2.32. The van der Waals surface area contributed by atoms with Gasteiger partial charge in [0.1, 0.15) is 12.3 Å². The number of H-pyrrole nitrogens is 1. The minimum absolute atomic E-state index is 0.0105. The molecular weight excluding hydrogens is 384 g/mol. The van der Waals surface area contributed by atoms with E-state index in [1.165, 1.54) is 4.90 Å². The highest BCUT2D eigenvalue weighted by atomic mass is 16.5. The molecule has 1 aliphatic rings. The Morgan fingerprint density at radius 3 is 2.87 bits per heavy atom. The Bertz CT molecular complexity index is 1140. The van der Waals surface area contributed by atoms with Crippen LogP contribution in [0.2, 0.25) is 0 Å². The van der Waals surface area contributed by atoms with E-state index in [4.69, 9.17) is 4.74 Å². The zero-order valence-electron chi connectivity index (χ0n) is 16.8. The summed E-state index contributed by atoms with van der Waals surface area (Å²) < 4.78 is 5.66. The molecule has 2 aromatic carbocycles. The molecule has 8 nitrogen and oxygen atoms in total. The van der Waals surface area contributed by atoms with Crippen LogP contribution < -0.4 is 15.0 Å². The summed E-state index contributed by atoms with van der Waals surface area (Å²) in [6.45, 7) is 3.38. The topological polar surface area (TPSA) is 104 Å². The third-order valence-corrected chi connectivity index (χ3v) is 4.99. The molecule has 2 amide bonds. The Hall–Kier alpha value is -3.68. The first-order valence-corrected chi connectivity index (χ1v) is 9.84. The second-order valence-electron chi connectivity index (χ2n) is 7.26. The quantitative estimate of drug-likeness (QED) is 0.611. The molecule has 0 bridgehead atoms. The number of aromatic nitrogens is 2. The second-order valence-corrected chi connectivity index (χ2v) is 7.26. The van der Waals surface area contributed by atoms with Gasteiger partial charge in [-0.25, -0.2) is 0 Å². The fraction of sp³-hybridized carbons (Fsp3) is 0.273. The number of ether oxygens (including phenoxy) is 1. The van der Waals surface area contributed by atoms with Gasteiger partial charge in [-0.05, 0) is 49.7 Å². The van der Waals surface area contributed by atoms with E-state index in [1.54, 1.807) is 43.5 Å². The molecule has 1 unspecified atom stereocenters. The van der Waals surface area contributed by atoms with Crippen LogP contribution in [0, 0.1) is 0 Å². The fourth-order valence-corrected chi connectivity index (χ4v) is 3.47. The van der Waals surface area contributed by atoms with Gasteiger partial charge in [-0.1, -0.05) is 6.92 Å². The summed E-state index contributed by atoms with van der Waals surface area (Å²) in [5.74, 6) is -0.222. The average Bonchev–Trinajstić information content (AvgIpc) is 3.19. The lowest BCUT2D eigenvalue weighted by atomic mass is 10.0. The third-order valence-electron chi connectivity index (χ3n) is 4.99. The first kappa shape index (κ1) is 19.6. The largest absolute Gasteiger partial charge is 0.479 e. The summed E-state index contributed by atoms with van der Waals surface area (Å²) in [4.78, 5) is 39.1. The molecule has 0 aliphatic carbocycles. The third kappa shape index (κ3) is 3.76. The lowest BCUT2D eigenvalue weighted by molar-refractivity contribution is -0.127. The van der Waals surface area contributed by atoms with Crippen molar-refractivity contribution >= 4 is 39.9 Å². The second kappa shape index (κ2) is 7.98. The molecule has 2 heterocycles. The molecule has 4 rings (SSSR count). The number of nitrogens with one attached hydrogen (secondary N) is 2. The van der Waals surface area contributed by atoms with Crippen LogP contribution in [-0.4, -0.2) is 40.4 Å². The van der Waals surface area contributed by atoms with Crippen LogP contribution in [0.4, 0.5) is 11.4 Å². The molecule has 3 aromatic rings. The van der Waals surface area contributed by atoms with Crippen LogP contribution in [-0.2, 0) is 9.59 Å². The van der Waals surface area contributed by atoms with Gasteiger partial charge in [-0.2, -0.15) is 5.10 Å². The summed E-state index contributed by atoms with van der Waals surface area (Å²) in [5.41, 5.74) is 2.32. The number of fused-ring (bicyclic) bond motifs is 2. The van der Waals surface area contributed by atoms with Gasteiger partial charge in [0.2, 0.25) is 5.91 Å². The molecule has 0 saturated heterocycles. The van der Waals surface area contributed by atoms with Crippen molar-refractivity contribution in [1.82, 2.24) is 10.2 Å². The van der Waals surface area contributed by atoms with Crippen molar-refractivity contribution in [3.05, 3.63) is 48.2 Å². The zero-order valence-corrected chi connectivity index (χ0v) is 16.8. The number of carbonyl (C=O) groups is 3. The Morgan fingerprint density at radius 1 is 1.23 bits per heavy atom. The molecule has 1 atom stereocenters. The number of nitrogens with zero attached hydrogens (tertiary/aromatic N) is 2. The standard InChI is InChI=1S/C22H22N4O4/c1-3-4-19(27)14-6-8-20-18(9-14)26(22(29)13(2)30-20)12-21(28)24-16-7-5-15-11-23-25-17(15)10-16/h5-11,13H,3-4,12H2,1-2H3,(H,23,25)(H,24,28). The van der Waals surface area contributed by atoms with Crippen LogP contribution >= 0.6 is 0 Å². The summed E-state index contributed by atoms with van der Waals surface area (Å²) in [5, 5.41) is 10.6. The molecule has 0 spiro atoms. The van der Waals surface area contributed by atoms with Crippen molar-refractivity contribution in [2.75, 3.05) is 16.8 Å². The van der Waals surface area contributed by atoms with Crippen molar-refractivity contribution in [2.24, 2.45) is 0 Å². The SMILES string of the molecule is CCCC(=O)c1ccc2c(c1)N(CC(=O)Nc1ccc3cn[nH]c3c1)C(=O)C(C)O2. The van der Waals surface area contributed by atoms with Gasteiger partial charge in [-0.3, -0.25) is 24.4 Å². The Morgan fingerprint density at radius 2 is 2.07 bits per heavy atom. The van der Waals surface area contributed by atoms with Gasteiger partial charge >= 0.3 is 0 Å². The molecule has 0 fully saturated rings. The van der Waals surface area contributed by atoms with Crippen molar-refractivity contribution in [1.29, 1.82) is 0 Å². The molecule has 2 N–H and O–H groups in total. The van der Waals surface area contributed by atoms with E-state index in [0.29, 0.717) is 29.1 Å². The number of hydrogen-bond donors (Lipinski definition) is 2. The molecule has 0 radical (unpaired) electrons. The molecule has 0 saturated carbocycles. The highest BCUT2D eigenvalue weighted by Gasteiger charge is 2.33. The summed E-state index contributed by atoms with van der Waals surface area (Å²) in [7, 11) is 0. The summed E-state index contributed by atoms with van der Waals surface area (Å²) >= 11 is 0. The van der Waals surface area contributed by atoms with E-state index >= 15 is 0 Å². The van der Waals surface area contributed by atoms with Gasteiger partial charge in [0.25, 0.3) is 5.91 Å².